The van der Waals surface area contributed by atoms with Crippen LogP contribution in [0.15, 0.2) is 34.4 Å². The summed E-state index contributed by atoms with van der Waals surface area (Å²) in [4.78, 5) is 19.1. The molecule has 30 heavy (non-hydrogen) atoms. The number of piperidine rings is 1. The zero-order valence-corrected chi connectivity index (χ0v) is 18.4. The molecule has 2 heterocycles. The molecule has 162 valence electrons. The van der Waals surface area contributed by atoms with Gasteiger partial charge in [-0.05, 0) is 55.9 Å². The van der Waals surface area contributed by atoms with Gasteiger partial charge >= 0.3 is 0 Å². The molecule has 1 saturated carbocycles. The highest BCUT2D eigenvalue weighted by molar-refractivity contribution is 5.76. The summed E-state index contributed by atoms with van der Waals surface area (Å²) in [5, 5.41) is 6.71. The monoisotopic (exact) mass is 408 g/mol. The van der Waals surface area contributed by atoms with Crippen molar-refractivity contribution < 1.29 is 4.79 Å². The third-order valence-electron chi connectivity index (χ3n) is 7.51. The number of likely N-dealkylation sites (tertiary alicyclic amines) is 1. The van der Waals surface area contributed by atoms with Gasteiger partial charge in [-0.2, -0.15) is 5.10 Å². The summed E-state index contributed by atoms with van der Waals surface area (Å²) in [6.45, 7) is 5.71. The van der Waals surface area contributed by atoms with Crippen molar-refractivity contribution in [3.8, 4) is 0 Å². The largest absolute Gasteiger partial charge is 0.343 e. The SMILES string of the molecule is Cc1ccc(CCC(=O)N2CCC(CN3CC=NC=N3)(C3CCCCC3)CC2)cc1. The summed E-state index contributed by atoms with van der Waals surface area (Å²) in [6, 6.07) is 8.56. The molecule has 1 aliphatic carbocycles. The lowest BCUT2D eigenvalue weighted by Gasteiger charge is -2.49. The normalized spacial score (nSPS) is 21.8. The second kappa shape index (κ2) is 9.76. The molecular formula is C25H36N4O. The maximum Gasteiger partial charge on any atom is 0.222 e. The first-order valence-electron chi connectivity index (χ1n) is 11.8. The highest BCUT2D eigenvalue weighted by Gasteiger charge is 2.43. The second-order valence-electron chi connectivity index (χ2n) is 9.47. The Morgan fingerprint density at radius 3 is 2.50 bits per heavy atom. The number of carbonyl (C=O) groups excluding carboxylic acids is 1. The fourth-order valence-electron chi connectivity index (χ4n) is 5.58. The van der Waals surface area contributed by atoms with Crippen molar-refractivity contribution in [3.63, 3.8) is 0 Å². The van der Waals surface area contributed by atoms with E-state index >= 15 is 0 Å². The molecule has 5 nitrogen and oxygen atoms in total. The molecule has 1 amide bonds. The van der Waals surface area contributed by atoms with E-state index in [1.165, 1.54) is 43.2 Å². The van der Waals surface area contributed by atoms with E-state index in [0.717, 1.165) is 51.4 Å². The van der Waals surface area contributed by atoms with Crippen molar-refractivity contribution in [1.82, 2.24) is 9.91 Å². The molecule has 0 bridgehead atoms. The molecule has 1 saturated heterocycles. The first-order valence-corrected chi connectivity index (χ1v) is 11.8. The van der Waals surface area contributed by atoms with Gasteiger partial charge in [-0.3, -0.25) is 9.80 Å². The zero-order chi connectivity index (χ0) is 20.8. The summed E-state index contributed by atoms with van der Waals surface area (Å²) in [7, 11) is 0. The molecule has 5 heteroatoms. The molecule has 4 rings (SSSR count). The smallest absolute Gasteiger partial charge is 0.222 e. The van der Waals surface area contributed by atoms with Gasteiger partial charge < -0.3 is 4.90 Å². The molecule has 1 aromatic carbocycles. The number of aliphatic imine (C=N–C) groups is 1. The van der Waals surface area contributed by atoms with Crippen molar-refractivity contribution in [3.05, 3.63) is 35.4 Å². The summed E-state index contributed by atoms with van der Waals surface area (Å²) in [5.41, 5.74) is 2.81. The number of hydrogen-bond acceptors (Lipinski definition) is 4. The first-order chi connectivity index (χ1) is 14.6. The zero-order valence-electron chi connectivity index (χ0n) is 18.4. The fraction of sp³-hybridized carbons (Fsp3) is 0.640. The second-order valence-corrected chi connectivity index (χ2v) is 9.47. The third-order valence-corrected chi connectivity index (χ3v) is 7.51. The molecule has 0 atom stereocenters. The number of hydrazone groups is 1. The molecule has 3 aliphatic rings. The average Bonchev–Trinajstić information content (AvgIpc) is 2.80. The number of carbonyl (C=O) groups is 1. The van der Waals surface area contributed by atoms with Gasteiger partial charge in [0.2, 0.25) is 5.91 Å². The molecule has 0 radical (unpaired) electrons. The quantitative estimate of drug-likeness (QED) is 0.698. The summed E-state index contributed by atoms with van der Waals surface area (Å²) in [6.07, 6.45) is 14.1. The lowest BCUT2D eigenvalue weighted by atomic mass is 9.63. The number of hydrogen-bond donors (Lipinski definition) is 0. The van der Waals surface area contributed by atoms with Gasteiger partial charge in [0.25, 0.3) is 0 Å². The van der Waals surface area contributed by atoms with E-state index in [0.29, 0.717) is 12.3 Å². The number of amides is 1. The Hall–Kier alpha value is -2.17. The Morgan fingerprint density at radius 2 is 1.83 bits per heavy atom. The summed E-state index contributed by atoms with van der Waals surface area (Å²) < 4.78 is 0. The van der Waals surface area contributed by atoms with Gasteiger partial charge in [0.15, 0.2) is 0 Å². The van der Waals surface area contributed by atoms with Gasteiger partial charge in [-0.15, -0.1) is 0 Å². The predicted molar refractivity (Wildman–Crippen MR) is 123 cm³/mol. The average molecular weight is 409 g/mol. The fourth-order valence-corrected chi connectivity index (χ4v) is 5.58. The van der Waals surface area contributed by atoms with Crippen LogP contribution in [0.1, 0.15) is 62.5 Å². The van der Waals surface area contributed by atoms with E-state index in [4.69, 9.17) is 0 Å². The lowest BCUT2D eigenvalue weighted by Crippen LogP contribution is -2.51. The van der Waals surface area contributed by atoms with Crippen LogP contribution in [0.4, 0.5) is 0 Å². The Bertz CT molecular complexity index is 756. The van der Waals surface area contributed by atoms with Gasteiger partial charge in [0, 0.05) is 32.3 Å². The van der Waals surface area contributed by atoms with Crippen molar-refractivity contribution in [1.29, 1.82) is 0 Å². The van der Waals surface area contributed by atoms with Crippen LogP contribution in [0.5, 0.6) is 0 Å². The highest BCUT2D eigenvalue weighted by atomic mass is 16.2. The highest BCUT2D eigenvalue weighted by Crippen LogP contribution is 2.46. The number of benzene rings is 1. The van der Waals surface area contributed by atoms with E-state index in [2.05, 4.69) is 51.2 Å². The Labute approximate surface area is 181 Å². The van der Waals surface area contributed by atoms with Crippen LogP contribution in [-0.2, 0) is 11.2 Å². The standard InChI is InChI=1S/C25H36N4O/c1-21-7-9-22(10-8-21)11-12-24(30)28-16-13-25(14-17-28,23-5-3-2-4-6-23)19-29-18-15-26-20-27-29/h7-10,15,20,23H,2-6,11-14,16-19H2,1H3. The van der Waals surface area contributed by atoms with Crippen LogP contribution in [0.3, 0.4) is 0 Å². The van der Waals surface area contributed by atoms with Gasteiger partial charge in [0.05, 0.1) is 6.54 Å². The van der Waals surface area contributed by atoms with Crippen LogP contribution in [0.2, 0.25) is 0 Å². The maximum atomic E-state index is 12.9. The van der Waals surface area contributed by atoms with Gasteiger partial charge in [0.1, 0.15) is 6.34 Å². The third kappa shape index (κ3) is 5.11. The van der Waals surface area contributed by atoms with E-state index in [1.54, 1.807) is 6.34 Å². The maximum absolute atomic E-state index is 12.9. The van der Waals surface area contributed by atoms with Crippen LogP contribution in [0, 0.1) is 18.3 Å². The van der Waals surface area contributed by atoms with Crippen molar-refractivity contribution in [2.24, 2.45) is 21.4 Å². The first kappa shape index (κ1) is 21.1. The van der Waals surface area contributed by atoms with Crippen LogP contribution in [-0.4, -0.2) is 54.5 Å². The van der Waals surface area contributed by atoms with Crippen LogP contribution in [0.25, 0.3) is 0 Å². The van der Waals surface area contributed by atoms with Crippen LogP contribution >= 0.6 is 0 Å². The summed E-state index contributed by atoms with van der Waals surface area (Å²) in [5.74, 6) is 1.08. The Balaban J connectivity index is 1.35. The van der Waals surface area contributed by atoms with Crippen LogP contribution < -0.4 is 0 Å². The predicted octanol–water partition coefficient (Wildman–Crippen LogP) is 4.45. The summed E-state index contributed by atoms with van der Waals surface area (Å²) >= 11 is 0. The molecule has 0 aromatic heterocycles. The van der Waals surface area contributed by atoms with Crippen molar-refractivity contribution >= 4 is 18.5 Å². The van der Waals surface area contributed by atoms with E-state index in [1.807, 2.05) is 6.21 Å². The minimum atomic E-state index is 0.288. The number of rotatable bonds is 6. The van der Waals surface area contributed by atoms with Gasteiger partial charge in [-0.25, -0.2) is 4.99 Å². The molecule has 2 fully saturated rings. The van der Waals surface area contributed by atoms with E-state index in [9.17, 15) is 4.79 Å². The van der Waals surface area contributed by atoms with Crippen molar-refractivity contribution in [2.75, 3.05) is 26.2 Å². The number of aryl methyl sites for hydroxylation is 2. The minimum absolute atomic E-state index is 0.288. The molecular weight excluding hydrogens is 372 g/mol. The Morgan fingerprint density at radius 1 is 1.10 bits per heavy atom. The molecule has 0 N–H and O–H groups in total. The van der Waals surface area contributed by atoms with Gasteiger partial charge in [-0.1, -0.05) is 49.1 Å². The molecule has 0 unspecified atom stereocenters. The molecule has 0 spiro atoms. The minimum Gasteiger partial charge on any atom is -0.343 e. The molecule has 2 aliphatic heterocycles. The topological polar surface area (TPSA) is 48.3 Å². The van der Waals surface area contributed by atoms with E-state index < -0.39 is 0 Å². The molecule has 1 aromatic rings. The lowest BCUT2D eigenvalue weighted by molar-refractivity contribution is -0.134. The number of nitrogens with zero attached hydrogens (tertiary/aromatic N) is 4. The van der Waals surface area contributed by atoms with E-state index in [-0.39, 0.29) is 5.41 Å². The Kier molecular flexibility index (Phi) is 6.86. The van der Waals surface area contributed by atoms with Crippen molar-refractivity contribution in [2.45, 2.75) is 64.7 Å².